The fourth-order valence-corrected chi connectivity index (χ4v) is 1.77. The molecule has 88 valence electrons. The highest BCUT2D eigenvalue weighted by atomic mass is 35.5. The molecule has 4 nitrogen and oxygen atoms in total. The highest BCUT2D eigenvalue weighted by molar-refractivity contribution is 6.33. The predicted octanol–water partition coefficient (Wildman–Crippen LogP) is -0.838. The van der Waals surface area contributed by atoms with Gasteiger partial charge in [0.25, 0.3) is 0 Å². The van der Waals surface area contributed by atoms with E-state index in [0.717, 1.165) is 29.8 Å². The van der Waals surface area contributed by atoms with Gasteiger partial charge in [-0.25, -0.2) is 9.97 Å². The lowest BCUT2D eigenvalue weighted by molar-refractivity contribution is -0.347. The van der Waals surface area contributed by atoms with Crippen LogP contribution in [0.2, 0.25) is 5.15 Å². The number of halogens is 2. The van der Waals surface area contributed by atoms with Crippen molar-refractivity contribution in [3.8, 4) is 0 Å². The van der Waals surface area contributed by atoms with Crippen molar-refractivity contribution in [3.05, 3.63) is 17.3 Å². The van der Waals surface area contributed by atoms with Gasteiger partial charge in [-0.2, -0.15) is 0 Å². The largest absolute Gasteiger partial charge is 1.00 e. The van der Waals surface area contributed by atoms with E-state index in [2.05, 4.69) is 26.9 Å². The van der Waals surface area contributed by atoms with Crippen molar-refractivity contribution in [3.63, 3.8) is 0 Å². The fourth-order valence-electron chi connectivity index (χ4n) is 1.53. The van der Waals surface area contributed by atoms with Crippen molar-refractivity contribution in [2.75, 3.05) is 0 Å². The molecular weight excluding hydrogens is 247 g/mol. The minimum atomic E-state index is 0. The van der Waals surface area contributed by atoms with E-state index >= 15 is 0 Å². The first kappa shape index (κ1) is 13.2. The summed E-state index contributed by atoms with van der Waals surface area (Å²) < 4.78 is 0. The Hall–Kier alpha value is -0.870. The minimum Gasteiger partial charge on any atom is -1.00 e. The van der Waals surface area contributed by atoms with E-state index < -0.39 is 0 Å². The summed E-state index contributed by atoms with van der Waals surface area (Å²) in [4.78, 5) is 14.6. The van der Waals surface area contributed by atoms with Gasteiger partial charge in [-0.3, -0.25) is 4.98 Å². The average molecular weight is 261 g/mol. The van der Waals surface area contributed by atoms with Gasteiger partial charge in [0.15, 0.2) is 11.5 Å². The number of aromatic nitrogens is 4. The van der Waals surface area contributed by atoms with E-state index in [1.807, 2.05) is 0 Å². The number of nitrogens with zero attached hydrogens (tertiary/aromatic N) is 2. The monoisotopic (exact) mass is 260 g/mol. The van der Waals surface area contributed by atoms with E-state index in [4.69, 9.17) is 11.6 Å². The molecule has 0 aromatic carbocycles. The zero-order valence-electron chi connectivity index (χ0n) is 9.06. The Morgan fingerprint density at radius 3 is 2.94 bits per heavy atom. The first-order valence-electron chi connectivity index (χ1n) is 5.22. The van der Waals surface area contributed by atoms with Crippen molar-refractivity contribution in [1.29, 1.82) is 0 Å². The third-order valence-corrected chi connectivity index (χ3v) is 2.61. The van der Waals surface area contributed by atoms with E-state index in [1.54, 1.807) is 6.33 Å². The first-order valence-corrected chi connectivity index (χ1v) is 5.60. The molecule has 0 saturated heterocycles. The molecule has 0 spiro atoms. The van der Waals surface area contributed by atoms with E-state index in [-0.39, 0.29) is 12.4 Å². The molecule has 0 amide bonds. The lowest BCUT2D eigenvalue weighted by Gasteiger charge is -1.95. The van der Waals surface area contributed by atoms with Gasteiger partial charge in [0, 0.05) is 6.42 Å². The van der Waals surface area contributed by atoms with Crippen molar-refractivity contribution in [2.45, 2.75) is 32.6 Å². The zero-order chi connectivity index (χ0) is 10.7. The van der Waals surface area contributed by atoms with Crippen LogP contribution in [0.15, 0.2) is 6.33 Å². The molecule has 6 heteroatoms. The van der Waals surface area contributed by atoms with Crippen LogP contribution in [-0.4, -0.2) is 15.0 Å². The van der Waals surface area contributed by atoms with Crippen LogP contribution >= 0.6 is 11.6 Å². The highest BCUT2D eigenvalue weighted by Crippen LogP contribution is 2.15. The second kappa shape index (κ2) is 6.01. The smallest absolute Gasteiger partial charge is 0.304 e. The van der Waals surface area contributed by atoms with Crippen molar-refractivity contribution in [2.24, 2.45) is 0 Å². The quantitative estimate of drug-likeness (QED) is 0.576. The third kappa shape index (κ3) is 2.83. The maximum atomic E-state index is 6.01. The molecule has 0 radical (unpaired) electrons. The molecule has 0 unspecified atom stereocenters. The third-order valence-electron chi connectivity index (χ3n) is 2.34. The summed E-state index contributed by atoms with van der Waals surface area (Å²) in [5.74, 6) is 0.816. The van der Waals surface area contributed by atoms with Crippen molar-refractivity contribution >= 4 is 22.8 Å². The molecule has 0 aliphatic carbocycles. The fraction of sp³-hybridized carbons (Fsp3) is 0.500. The zero-order valence-corrected chi connectivity index (χ0v) is 10.6. The Kier molecular flexibility index (Phi) is 4.96. The Labute approximate surface area is 105 Å². The maximum absolute atomic E-state index is 6.01. The normalized spacial score (nSPS) is 10.4. The molecule has 0 saturated carbocycles. The van der Waals surface area contributed by atoms with Gasteiger partial charge < -0.3 is 12.4 Å². The summed E-state index contributed by atoms with van der Waals surface area (Å²) in [6.45, 7) is 2.18. The number of hydrogen-bond donors (Lipinski definition) is 1. The molecular formula is C10H14Cl2N4. The molecule has 16 heavy (non-hydrogen) atoms. The van der Waals surface area contributed by atoms with Gasteiger partial charge in [0.2, 0.25) is 11.3 Å². The number of imidazole rings is 1. The summed E-state index contributed by atoms with van der Waals surface area (Å²) in [5.41, 5.74) is 1.55. The highest BCUT2D eigenvalue weighted by Gasteiger charge is 2.13. The summed E-state index contributed by atoms with van der Waals surface area (Å²) in [7, 11) is 0. The predicted molar refractivity (Wildman–Crippen MR) is 58.7 cm³/mol. The average Bonchev–Trinajstić information content (AvgIpc) is 2.66. The summed E-state index contributed by atoms with van der Waals surface area (Å²) in [5, 5.41) is 0.493. The first-order chi connectivity index (χ1) is 7.31. The Balaban J connectivity index is 0.00000128. The molecule has 2 N–H and O–H groups in total. The molecule has 0 bridgehead atoms. The topological polar surface area (TPSA) is 55.7 Å². The number of unbranched alkanes of at least 4 members (excludes halogenated alkanes) is 2. The number of fused-ring (bicyclic) bond motifs is 1. The van der Waals surface area contributed by atoms with Gasteiger partial charge in [-0.15, -0.1) is 0 Å². The van der Waals surface area contributed by atoms with Gasteiger partial charge >= 0.3 is 5.65 Å². The molecule has 0 atom stereocenters. The number of aromatic amines is 2. The molecule has 0 aliphatic rings. The number of hydrogen-bond acceptors (Lipinski definition) is 2. The Bertz CT molecular complexity index is 455. The lowest BCUT2D eigenvalue weighted by atomic mass is 10.2. The Morgan fingerprint density at radius 2 is 2.19 bits per heavy atom. The van der Waals surface area contributed by atoms with Crippen LogP contribution in [0.25, 0.3) is 11.2 Å². The van der Waals surface area contributed by atoms with Crippen LogP contribution in [0.1, 0.15) is 32.0 Å². The summed E-state index contributed by atoms with van der Waals surface area (Å²) in [6.07, 6.45) is 6.12. The van der Waals surface area contributed by atoms with Gasteiger partial charge in [0.1, 0.15) is 0 Å². The Morgan fingerprint density at radius 1 is 1.38 bits per heavy atom. The van der Waals surface area contributed by atoms with Crippen LogP contribution in [0.5, 0.6) is 0 Å². The molecule has 0 aliphatic heterocycles. The van der Waals surface area contributed by atoms with Crippen molar-refractivity contribution < 1.29 is 17.4 Å². The molecule has 2 heterocycles. The van der Waals surface area contributed by atoms with Crippen LogP contribution in [0.3, 0.4) is 0 Å². The lowest BCUT2D eigenvalue weighted by Crippen LogP contribution is -3.00. The molecule has 0 fully saturated rings. The molecule has 2 aromatic rings. The van der Waals surface area contributed by atoms with Crippen LogP contribution in [-0.2, 0) is 6.42 Å². The maximum Gasteiger partial charge on any atom is 0.304 e. The standard InChI is InChI=1S/C10H13ClN4.ClH/c1-2-3-4-5-7-14-9(11)8-10(15-7)13-6-12-8;/h6H,2-5H2,1H3,(H,12,13,14,15);1H. The second-order valence-corrected chi connectivity index (χ2v) is 3.90. The minimum absolute atomic E-state index is 0. The number of nitrogens with one attached hydrogen (secondary N) is 2. The summed E-state index contributed by atoms with van der Waals surface area (Å²) >= 11 is 6.01. The van der Waals surface area contributed by atoms with Gasteiger partial charge in [0.05, 0.1) is 0 Å². The SMILES string of the molecule is CCCCCc1nc(Cl)c2[nH]c[nH+]c2n1.[Cl-]. The number of aryl methyl sites for hydroxylation is 1. The van der Waals surface area contributed by atoms with E-state index in [9.17, 15) is 0 Å². The number of rotatable bonds is 4. The van der Waals surface area contributed by atoms with E-state index in [1.165, 1.54) is 12.8 Å². The summed E-state index contributed by atoms with van der Waals surface area (Å²) in [6, 6.07) is 0. The van der Waals surface area contributed by atoms with Crippen LogP contribution < -0.4 is 17.4 Å². The molecule has 2 aromatic heterocycles. The second-order valence-electron chi connectivity index (χ2n) is 3.54. The van der Waals surface area contributed by atoms with Gasteiger partial charge in [-0.1, -0.05) is 36.4 Å². The number of H-pyrrole nitrogens is 2. The van der Waals surface area contributed by atoms with Crippen LogP contribution in [0.4, 0.5) is 0 Å². The van der Waals surface area contributed by atoms with Gasteiger partial charge in [-0.05, 0) is 6.42 Å². The van der Waals surface area contributed by atoms with Crippen molar-refractivity contribution in [1.82, 2.24) is 15.0 Å². The molecule has 2 rings (SSSR count). The van der Waals surface area contributed by atoms with E-state index in [0.29, 0.717) is 5.15 Å². The van der Waals surface area contributed by atoms with Crippen LogP contribution in [0, 0.1) is 0 Å².